The normalized spacial score (nSPS) is 19.6. The number of carbonyl (C=O) groups excluding carboxylic acids is 3. The Morgan fingerprint density at radius 1 is 1.13 bits per heavy atom. The first-order valence-electron chi connectivity index (χ1n) is 9.25. The topological polar surface area (TPSA) is 113 Å². The second-order valence-corrected chi connectivity index (χ2v) is 7.23. The fourth-order valence-electron chi connectivity index (χ4n) is 3.46. The first kappa shape index (κ1) is 20.6. The third-order valence-corrected chi connectivity index (χ3v) is 5.15. The number of fused-ring (bicyclic) bond motifs is 1. The van der Waals surface area contributed by atoms with Gasteiger partial charge in [0, 0.05) is 11.1 Å². The summed E-state index contributed by atoms with van der Waals surface area (Å²) >= 11 is 5.98. The molecular weight excluding hydrogens is 426 g/mol. The van der Waals surface area contributed by atoms with E-state index in [0.717, 1.165) is 4.90 Å². The maximum Gasteiger partial charge on any atom is 0.263 e. The number of rotatable bonds is 6. The number of nitrogens with zero attached hydrogens (tertiary/aromatic N) is 4. The van der Waals surface area contributed by atoms with Crippen LogP contribution >= 0.6 is 11.6 Å². The van der Waals surface area contributed by atoms with Crippen molar-refractivity contribution >= 4 is 40.7 Å². The molecule has 31 heavy (non-hydrogen) atoms. The minimum atomic E-state index is -1.00. The summed E-state index contributed by atoms with van der Waals surface area (Å²) in [5.41, 5.74) is 0.773. The van der Waals surface area contributed by atoms with E-state index in [1.54, 1.807) is 36.4 Å². The lowest BCUT2D eigenvalue weighted by Crippen LogP contribution is -2.43. The van der Waals surface area contributed by atoms with Gasteiger partial charge in [-0.05, 0) is 30.3 Å². The summed E-state index contributed by atoms with van der Waals surface area (Å²) < 4.78 is 10.4. The molecule has 160 valence electrons. The molecular formula is C20H18ClN5O5. The highest BCUT2D eigenvalue weighted by Crippen LogP contribution is 2.33. The second kappa shape index (κ2) is 8.23. The van der Waals surface area contributed by atoms with Gasteiger partial charge in [0.15, 0.2) is 12.1 Å². The van der Waals surface area contributed by atoms with Crippen LogP contribution < -0.4 is 19.7 Å². The smallest absolute Gasteiger partial charge is 0.263 e. The number of methoxy groups -OCH3 is 2. The number of anilines is 2. The van der Waals surface area contributed by atoms with Gasteiger partial charge in [-0.1, -0.05) is 22.9 Å². The molecule has 0 unspecified atom stereocenters. The molecule has 1 fully saturated rings. The Morgan fingerprint density at radius 2 is 1.94 bits per heavy atom. The molecule has 2 aliphatic heterocycles. The maximum absolute atomic E-state index is 13.0. The maximum atomic E-state index is 13.0. The van der Waals surface area contributed by atoms with E-state index in [4.69, 9.17) is 21.1 Å². The van der Waals surface area contributed by atoms with Crippen LogP contribution in [0.4, 0.5) is 11.4 Å². The van der Waals surface area contributed by atoms with Crippen LogP contribution in [0.15, 0.2) is 52.8 Å². The van der Waals surface area contributed by atoms with E-state index < -0.39 is 29.8 Å². The van der Waals surface area contributed by atoms with Crippen molar-refractivity contribution in [2.45, 2.75) is 12.1 Å². The summed E-state index contributed by atoms with van der Waals surface area (Å²) in [7, 11) is 2.99. The molecule has 2 heterocycles. The fourth-order valence-corrected chi connectivity index (χ4v) is 3.65. The van der Waals surface area contributed by atoms with Crippen molar-refractivity contribution in [1.82, 2.24) is 5.01 Å². The van der Waals surface area contributed by atoms with Gasteiger partial charge in [0.25, 0.3) is 11.8 Å². The third kappa shape index (κ3) is 3.77. The number of benzene rings is 2. The van der Waals surface area contributed by atoms with Crippen molar-refractivity contribution in [2.24, 2.45) is 10.3 Å². The van der Waals surface area contributed by atoms with Crippen molar-refractivity contribution in [1.29, 1.82) is 0 Å². The number of ether oxygens (including phenoxy) is 2. The van der Waals surface area contributed by atoms with E-state index in [1.165, 1.54) is 25.3 Å². The van der Waals surface area contributed by atoms with E-state index in [-0.39, 0.29) is 6.54 Å². The summed E-state index contributed by atoms with van der Waals surface area (Å²) in [4.78, 5) is 39.3. The van der Waals surface area contributed by atoms with Crippen LogP contribution in [0.1, 0.15) is 0 Å². The number of nitrogens with one attached hydrogen (secondary N) is 1. The number of hydrogen-bond acceptors (Lipinski definition) is 8. The summed E-state index contributed by atoms with van der Waals surface area (Å²) in [6, 6.07) is 9.34. The molecule has 2 aliphatic rings. The van der Waals surface area contributed by atoms with Crippen LogP contribution in [0.25, 0.3) is 0 Å². The lowest BCUT2D eigenvalue weighted by Gasteiger charge is -2.20. The SMILES string of the molecule is COc1ccc(NC(=O)CN2N=N[C@@H]3C(=O)N(c4cccc(Cl)c4)C(=O)[C@H]32)c(OC)c1. The van der Waals surface area contributed by atoms with Gasteiger partial charge in [0.05, 0.1) is 25.6 Å². The third-order valence-electron chi connectivity index (χ3n) is 4.91. The lowest BCUT2D eigenvalue weighted by atomic mass is 10.1. The van der Waals surface area contributed by atoms with Crippen LogP contribution in [-0.4, -0.2) is 55.6 Å². The van der Waals surface area contributed by atoms with Crippen molar-refractivity contribution < 1.29 is 23.9 Å². The minimum Gasteiger partial charge on any atom is -0.497 e. The van der Waals surface area contributed by atoms with Crippen LogP contribution in [0.3, 0.4) is 0 Å². The van der Waals surface area contributed by atoms with E-state index in [0.29, 0.717) is 27.9 Å². The Hall–Kier alpha value is -3.66. The molecule has 1 saturated heterocycles. The van der Waals surface area contributed by atoms with E-state index >= 15 is 0 Å². The monoisotopic (exact) mass is 443 g/mol. The Kier molecular flexibility index (Phi) is 5.47. The van der Waals surface area contributed by atoms with E-state index in [2.05, 4.69) is 15.7 Å². The van der Waals surface area contributed by atoms with Gasteiger partial charge in [-0.2, -0.15) is 5.11 Å². The molecule has 0 spiro atoms. The van der Waals surface area contributed by atoms with Gasteiger partial charge in [-0.3, -0.25) is 19.4 Å². The van der Waals surface area contributed by atoms with Crippen LogP contribution in [0, 0.1) is 0 Å². The highest BCUT2D eigenvalue weighted by Gasteiger charge is 2.55. The minimum absolute atomic E-state index is 0.276. The van der Waals surface area contributed by atoms with E-state index in [9.17, 15) is 14.4 Å². The zero-order valence-electron chi connectivity index (χ0n) is 16.6. The molecule has 2 aromatic carbocycles. The molecule has 10 nitrogen and oxygen atoms in total. The molecule has 0 bridgehead atoms. The highest BCUT2D eigenvalue weighted by atomic mass is 35.5. The first-order valence-corrected chi connectivity index (χ1v) is 9.63. The van der Waals surface area contributed by atoms with Crippen LogP contribution in [-0.2, 0) is 14.4 Å². The zero-order valence-corrected chi connectivity index (χ0v) is 17.4. The summed E-state index contributed by atoms with van der Waals surface area (Å²) in [5, 5.41) is 12.1. The predicted octanol–water partition coefficient (Wildman–Crippen LogP) is 2.29. The number of hydrogen-bond donors (Lipinski definition) is 1. The van der Waals surface area contributed by atoms with Gasteiger partial charge in [-0.25, -0.2) is 4.90 Å². The largest absolute Gasteiger partial charge is 0.497 e. The summed E-state index contributed by atoms with van der Waals surface area (Å²) in [6.07, 6.45) is 0. The molecule has 2 aromatic rings. The molecule has 3 amide bonds. The Labute approximate surface area is 182 Å². The molecule has 0 aliphatic carbocycles. The Bertz CT molecular complexity index is 1090. The quantitative estimate of drug-likeness (QED) is 0.685. The summed E-state index contributed by atoms with van der Waals surface area (Å²) in [5.74, 6) is -0.502. The van der Waals surface area contributed by atoms with Gasteiger partial charge in [-0.15, -0.1) is 0 Å². The van der Waals surface area contributed by atoms with Crippen LogP contribution in [0.2, 0.25) is 5.02 Å². The molecule has 1 N–H and O–H groups in total. The molecule has 0 saturated carbocycles. The van der Waals surface area contributed by atoms with Gasteiger partial charge >= 0.3 is 0 Å². The molecule has 2 atom stereocenters. The zero-order chi connectivity index (χ0) is 22.1. The lowest BCUT2D eigenvalue weighted by molar-refractivity contribution is -0.123. The molecule has 0 aromatic heterocycles. The van der Waals surface area contributed by atoms with Crippen LogP contribution in [0.5, 0.6) is 11.5 Å². The Balaban J connectivity index is 1.48. The molecule has 11 heteroatoms. The standard InChI is InChI=1S/C20H18ClN5O5/c1-30-13-6-7-14(15(9-13)31-2)22-16(27)10-25-18-17(23-24-25)19(28)26(20(18)29)12-5-3-4-11(21)8-12/h3-9,17-18H,10H2,1-2H3,(H,22,27)/t17-,18-/m0/s1. The predicted molar refractivity (Wildman–Crippen MR) is 111 cm³/mol. The van der Waals surface area contributed by atoms with Crippen molar-refractivity contribution in [3.05, 3.63) is 47.5 Å². The Morgan fingerprint density at radius 3 is 2.65 bits per heavy atom. The average molecular weight is 444 g/mol. The number of amides is 3. The molecule has 0 radical (unpaired) electrons. The van der Waals surface area contributed by atoms with Crippen molar-refractivity contribution in [2.75, 3.05) is 31.0 Å². The van der Waals surface area contributed by atoms with Crippen molar-refractivity contribution in [3.8, 4) is 11.5 Å². The van der Waals surface area contributed by atoms with Crippen molar-refractivity contribution in [3.63, 3.8) is 0 Å². The number of imide groups is 1. The number of carbonyl (C=O) groups is 3. The van der Waals surface area contributed by atoms with E-state index in [1.807, 2.05) is 0 Å². The van der Waals surface area contributed by atoms with Gasteiger partial charge in [0.1, 0.15) is 18.0 Å². The van der Waals surface area contributed by atoms with Gasteiger partial charge in [0.2, 0.25) is 5.91 Å². The fraction of sp³-hybridized carbons (Fsp3) is 0.250. The molecule has 4 rings (SSSR count). The van der Waals surface area contributed by atoms with Gasteiger partial charge < -0.3 is 14.8 Å². The highest BCUT2D eigenvalue weighted by molar-refractivity contribution is 6.31. The summed E-state index contributed by atoms with van der Waals surface area (Å²) in [6.45, 7) is -0.276. The number of halogens is 1. The first-order chi connectivity index (χ1) is 14.9. The second-order valence-electron chi connectivity index (χ2n) is 6.80. The average Bonchev–Trinajstić information content (AvgIpc) is 3.27.